The molecule has 0 aromatic rings. The van der Waals surface area contributed by atoms with E-state index in [-0.39, 0.29) is 0 Å². The summed E-state index contributed by atoms with van der Waals surface area (Å²) in [6, 6.07) is 0. The van der Waals surface area contributed by atoms with Crippen LogP contribution in [0.25, 0.3) is 0 Å². The van der Waals surface area contributed by atoms with Crippen LogP contribution in [0.2, 0.25) is 75.8 Å². The molecule has 0 amide bonds. The van der Waals surface area contributed by atoms with Gasteiger partial charge in [-0.2, -0.15) is 0 Å². The van der Waals surface area contributed by atoms with E-state index in [1.54, 1.807) is 0 Å². The summed E-state index contributed by atoms with van der Waals surface area (Å²) in [7, 11) is -12.6. The Balaban J connectivity index is 7.46. The molecule has 104 valence electrons. The molecule has 0 fully saturated rings. The van der Waals surface area contributed by atoms with Crippen molar-refractivity contribution in [1.82, 2.24) is 0 Å². The maximum Gasteiger partial charge on any atom is 0.239 e. The van der Waals surface area contributed by atoms with Crippen LogP contribution in [0.5, 0.6) is 0 Å². The second-order valence-corrected chi connectivity index (χ2v) is 29.0. The van der Waals surface area contributed by atoms with Gasteiger partial charge in [0.25, 0.3) is 0 Å². The van der Waals surface area contributed by atoms with Crippen LogP contribution in [-0.4, -0.2) is 32.6 Å². The van der Waals surface area contributed by atoms with E-state index in [4.69, 9.17) is 8.22 Å². The molecule has 17 heavy (non-hydrogen) atoms. The summed E-state index contributed by atoms with van der Waals surface area (Å²) in [6.07, 6.45) is 0. The van der Waals surface area contributed by atoms with Crippen molar-refractivity contribution in [1.29, 1.82) is 0 Å². The van der Waals surface area contributed by atoms with Crippen LogP contribution in [0, 0.1) is 0 Å². The number of hydrogen-bond donors (Lipinski definition) is 0. The van der Waals surface area contributed by atoms with Crippen LogP contribution in [0.15, 0.2) is 0 Å². The summed E-state index contributed by atoms with van der Waals surface area (Å²) in [6.45, 7) is 11.7. The molecule has 0 atom stereocenters. The predicted octanol–water partition coefficient (Wildman–Crippen LogP) is 5.53. The minimum absolute atomic E-state index is 1.10. The second-order valence-electron chi connectivity index (χ2n) is 8.16. The van der Waals surface area contributed by atoms with Crippen LogP contribution < -0.4 is 0 Å². The van der Waals surface area contributed by atoms with Gasteiger partial charge in [0.05, 0.1) is 0 Å². The molecule has 0 aromatic heterocycles. The smallest absolute Gasteiger partial charge is 0.239 e. The lowest BCUT2D eigenvalue weighted by Gasteiger charge is -2.62. The first-order valence-corrected chi connectivity index (χ1v) is 18.6. The van der Waals surface area contributed by atoms with Gasteiger partial charge in [0.15, 0.2) is 0 Å². The first-order chi connectivity index (χ1) is 9.50. The van der Waals surface area contributed by atoms with Gasteiger partial charge in [0.2, 0.25) is 8.41 Å². The van der Waals surface area contributed by atoms with Gasteiger partial charge in [-0.05, 0) is 16.9 Å². The SMILES string of the molecule is [2H]C([2H])([2H])[Si](F)(C([2H])([2H])[2H])C([Si](C)(C)C)([Si](C)(C)C)[Si](C)(C)C. The quantitative estimate of drug-likeness (QED) is 0.472. The Hall–Kier alpha value is 0.798. The van der Waals surface area contributed by atoms with Crippen molar-refractivity contribution in [2.75, 3.05) is 0 Å². The zero-order valence-electron chi connectivity index (χ0n) is 18.9. The fourth-order valence-corrected chi connectivity index (χ4v) is 44.3. The van der Waals surface area contributed by atoms with E-state index >= 15 is 4.11 Å². The molecule has 0 heterocycles. The fraction of sp³-hybridized carbons (Fsp3) is 1.00. The van der Waals surface area contributed by atoms with E-state index in [9.17, 15) is 0 Å². The monoisotopic (exact) mass is 314 g/mol. The summed E-state index contributed by atoms with van der Waals surface area (Å²) >= 11 is 0. The molecule has 5 heteroatoms. The average molecular weight is 315 g/mol. The maximum absolute atomic E-state index is 16.7. The highest BCUT2D eigenvalue weighted by atomic mass is 28.5. The topological polar surface area (TPSA) is 0 Å². The second kappa shape index (κ2) is 4.42. The Morgan fingerprint density at radius 1 is 0.706 bits per heavy atom. The zero-order chi connectivity index (χ0) is 19.5. The highest BCUT2D eigenvalue weighted by molar-refractivity contribution is 7.28. The van der Waals surface area contributed by atoms with Gasteiger partial charge in [-0.15, -0.1) is 0 Å². The van der Waals surface area contributed by atoms with Crippen LogP contribution in [0.3, 0.4) is 0 Å². The Kier molecular flexibility index (Phi) is 2.51. The van der Waals surface area contributed by atoms with E-state index in [1.807, 2.05) is 58.9 Å². The lowest BCUT2D eigenvalue weighted by atomic mass is 11.6. The van der Waals surface area contributed by atoms with E-state index in [0.29, 0.717) is 0 Å². The Morgan fingerprint density at radius 3 is 1.00 bits per heavy atom. The third-order valence-corrected chi connectivity index (χ3v) is 35.0. The third kappa shape index (κ3) is 2.72. The van der Waals surface area contributed by atoms with Gasteiger partial charge in [0, 0.05) is 32.4 Å². The van der Waals surface area contributed by atoms with Crippen molar-refractivity contribution in [2.24, 2.45) is 0 Å². The number of rotatable bonds is 4. The first kappa shape index (κ1) is 9.66. The Morgan fingerprint density at radius 2 is 0.941 bits per heavy atom. The first-order valence-electron chi connectivity index (χ1n) is 9.19. The summed E-state index contributed by atoms with van der Waals surface area (Å²) in [5.41, 5.74) is 0. The van der Waals surface area contributed by atoms with Gasteiger partial charge < -0.3 is 4.11 Å². The molecule has 0 N–H and O–H groups in total. The maximum atomic E-state index is 16.7. The highest BCUT2D eigenvalue weighted by Gasteiger charge is 2.68. The minimum atomic E-state index is -5.15. The van der Waals surface area contributed by atoms with Gasteiger partial charge >= 0.3 is 0 Å². The average Bonchev–Trinajstić information content (AvgIpc) is 2.05. The Bertz CT molecular complexity index is 389. The number of hydrogen-bond acceptors (Lipinski definition) is 0. The molecule has 0 radical (unpaired) electrons. The van der Waals surface area contributed by atoms with E-state index in [2.05, 4.69) is 0 Å². The molecule has 0 aliphatic heterocycles. The molecule has 0 unspecified atom stereocenters. The van der Waals surface area contributed by atoms with Gasteiger partial charge in [-0.1, -0.05) is 58.9 Å². The van der Waals surface area contributed by atoms with Crippen molar-refractivity contribution in [2.45, 2.75) is 75.8 Å². The van der Waals surface area contributed by atoms with E-state index in [0.717, 1.165) is 0 Å². The van der Waals surface area contributed by atoms with Crippen molar-refractivity contribution >= 4 is 32.6 Å². The van der Waals surface area contributed by atoms with Crippen molar-refractivity contribution in [3.8, 4) is 0 Å². The zero-order valence-corrected chi connectivity index (χ0v) is 16.9. The fourth-order valence-electron chi connectivity index (χ4n) is 4.93. The van der Waals surface area contributed by atoms with Crippen LogP contribution >= 0.6 is 0 Å². The highest BCUT2D eigenvalue weighted by Crippen LogP contribution is 2.59. The van der Waals surface area contributed by atoms with Gasteiger partial charge in [0.1, 0.15) is 0 Å². The minimum Gasteiger partial charge on any atom is -0.315 e. The predicted molar refractivity (Wildman–Crippen MR) is 91.3 cm³/mol. The van der Waals surface area contributed by atoms with Crippen molar-refractivity contribution in [3.63, 3.8) is 0 Å². The summed E-state index contributed by atoms with van der Waals surface area (Å²) < 4.78 is 63.4. The third-order valence-electron chi connectivity index (χ3n) is 3.89. The molecule has 0 rings (SSSR count). The number of halogens is 1. The molecule has 0 nitrogen and oxygen atoms in total. The summed E-state index contributed by atoms with van der Waals surface area (Å²) in [4.78, 5) is 0. The van der Waals surface area contributed by atoms with Crippen molar-refractivity contribution < 1.29 is 12.3 Å². The van der Waals surface area contributed by atoms with E-state index in [1.165, 1.54) is 0 Å². The summed E-state index contributed by atoms with van der Waals surface area (Å²) in [5, 5.41) is 0. The standard InChI is InChI=1S/C12H33FSi4/c1-14(2,3)12(15(4,5)6,16(7,8)9)17(10,11)13/h1-11H3/i10D3,11D3. The molecule has 0 saturated heterocycles. The molecule has 0 bridgehead atoms. The van der Waals surface area contributed by atoms with E-state index < -0.39 is 49.5 Å². The Labute approximate surface area is 121 Å². The lowest BCUT2D eigenvalue weighted by molar-refractivity contribution is 0.774. The largest absolute Gasteiger partial charge is 0.315 e. The summed E-state index contributed by atoms with van der Waals surface area (Å²) in [5.74, 6) is 0. The van der Waals surface area contributed by atoms with Crippen LogP contribution in [-0.2, 0) is 0 Å². The van der Waals surface area contributed by atoms with Crippen molar-refractivity contribution in [3.05, 3.63) is 0 Å². The van der Waals surface area contributed by atoms with Crippen LogP contribution in [0.4, 0.5) is 4.11 Å². The normalized spacial score (nSPS) is 22.9. The molecule has 0 saturated carbocycles. The molecular weight excluding hydrogens is 275 g/mol. The van der Waals surface area contributed by atoms with Gasteiger partial charge in [-0.3, -0.25) is 0 Å². The van der Waals surface area contributed by atoms with Crippen LogP contribution in [0.1, 0.15) is 8.22 Å². The lowest BCUT2D eigenvalue weighted by Crippen LogP contribution is -2.74. The molecule has 0 aliphatic rings. The molecule has 0 aliphatic carbocycles. The molecule has 0 aromatic carbocycles. The van der Waals surface area contributed by atoms with Gasteiger partial charge in [-0.25, -0.2) is 0 Å². The molecule has 0 spiro atoms. The molecular formula is C12H33FSi4.